The predicted molar refractivity (Wildman–Crippen MR) is 49.1 cm³/mol. The Balaban J connectivity index is 2.48. The van der Waals surface area contributed by atoms with Crippen molar-refractivity contribution >= 4 is 11.8 Å². The van der Waals surface area contributed by atoms with E-state index in [0.717, 1.165) is 24.8 Å². The van der Waals surface area contributed by atoms with Gasteiger partial charge in [0, 0.05) is 25.2 Å². The summed E-state index contributed by atoms with van der Waals surface area (Å²) in [5.74, 6) is 0.155. The van der Waals surface area contributed by atoms with Crippen LogP contribution in [-0.2, 0) is 4.79 Å². The first-order chi connectivity index (χ1) is 6.24. The summed E-state index contributed by atoms with van der Waals surface area (Å²) in [6, 6.07) is -0.286. The summed E-state index contributed by atoms with van der Waals surface area (Å²) in [6.07, 6.45) is 4.91. The van der Waals surface area contributed by atoms with Crippen LogP contribution in [0.5, 0.6) is 0 Å². The molecule has 4 heteroatoms. The van der Waals surface area contributed by atoms with Crippen molar-refractivity contribution in [2.24, 2.45) is 0 Å². The number of amides is 2. The number of ketones is 1. The minimum atomic E-state index is -0.286. The van der Waals surface area contributed by atoms with E-state index in [1.54, 1.807) is 0 Å². The zero-order chi connectivity index (χ0) is 9.68. The number of allylic oxidation sites excluding steroid dienone is 1. The van der Waals surface area contributed by atoms with Gasteiger partial charge in [0.1, 0.15) is 0 Å². The summed E-state index contributed by atoms with van der Waals surface area (Å²) >= 11 is 0. The highest BCUT2D eigenvalue weighted by atomic mass is 16.2. The molecule has 0 radical (unpaired) electrons. The molecule has 0 aliphatic heterocycles. The van der Waals surface area contributed by atoms with E-state index in [2.05, 4.69) is 10.6 Å². The number of Topliss-reactive ketones (excluding diaryl/α,β-unsaturated/α-hetero) is 1. The molecule has 0 aromatic heterocycles. The molecule has 0 spiro atoms. The molecule has 72 valence electrons. The first-order valence-corrected chi connectivity index (χ1v) is 4.44. The molecule has 1 fully saturated rings. The molecular weight excluding hydrogens is 168 g/mol. The van der Waals surface area contributed by atoms with Crippen LogP contribution in [0.4, 0.5) is 4.79 Å². The fourth-order valence-corrected chi connectivity index (χ4v) is 1.28. The van der Waals surface area contributed by atoms with Gasteiger partial charge >= 0.3 is 6.03 Å². The maximum absolute atomic E-state index is 11.3. The maximum Gasteiger partial charge on any atom is 0.318 e. The topological polar surface area (TPSA) is 58.2 Å². The molecule has 0 saturated heterocycles. The first kappa shape index (κ1) is 9.77. The molecule has 0 heterocycles. The molecule has 4 nitrogen and oxygen atoms in total. The van der Waals surface area contributed by atoms with E-state index in [1.165, 1.54) is 13.2 Å². The van der Waals surface area contributed by atoms with Crippen molar-refractivity contribution in [3.05, 3.63) is 11.8 Å². The molecule has 1 rings (SSSR count). The molecule has 1 aliphatic carbocycles. The van der Waals surface area contributed by atoms with E-state index < -0.39 is 0 Å². The van der Waals surface area contributed by atoms with Gasteiger partial charge in [0.2, 0.25) is 0 Å². The molecule has 1 aliphatic rings. The summed E-state index contributed by atoms with van der Waals surface area (Å²) in [6.45, 7) is 0. The number of carbonyl (C=O) groups is 2. The molecule has 0 aromatic carbocycles. The minimum Gasteiger partial charge on any atom is -0.341 e. The lowest BCUT2D eigenvalue weighted by Crippen LogP contribution is -2.29. The Kier molecular flexibility index (Phi) is 3.49. The lowest BCUT2D eigenvalue weighted by Gasteiger charge is -2.12. The second kappa shape index (κ2) is 4.64. The second-order valence-electron chi connectivity index (χ2n) is 3.02. The van der Waals surface area contributed by atoms with Crippen molar-refractivity contribution in [3.8, 4) is 0 Å². The van der Waals surface area contributed by atoms with Gasteiger partial charge in [-0.2, -0.15) is 0 Å². The van der Waals surface area contributed by atoms with E-state index >= 15 is 0 Å². The molecule has 13 heavy (non-hydrogen) atoms. The molecular formula is C9H14N2O2. The smallest absolute Gasteiger partial charge is 0.318 e. The summed E-state index contributed by atoms with van der Waals surface area (Å²) in [5.41, 5.74) is 0.731. The number of nitrogens with one attached hydrogen (secondary N) is 2. The lowest BCUT2D eigenvalue weighted by molar-refractivity contribution is -0.116. The van der Waals surface area contributed by atoms with Crippen molar-refractivity contribution < 1.29 is 9.59 Å². The fraction of sp³-hybridized carbons (Fsp3) is 0.556. The summed E-state index contributed by atoms with van der Waals surface area (Å²) in [7, 11) is 1.54. The van der Waals surface area contributed by atoms with Gasteiger partial charge in [0.15, 0.2) is 5.78 Å². The number of urea groups is 1. The van der Waals surface area contributed by atoms with Gasteiger partial charge in [0.25, 0.3) is 0 Å². The van der Waals surface area contributed by atoms with Crippen LogP contribution in [0.25, 0.3) is 0 Å². The van der Waals surface area contributed by atoms with Gasteiger partial charge < -0.3 is 10.6 Å². The second-order valence-corrected chi connectivity index (χ2v) is 3.02. The van der Waals surface area contributed by atoms with Crippen LogP contribution in [0.2, 0.25) is 0 Å². The quantitative estimate of drug-likeness (QED) is 0.593. The summed E-state index contributed by atoms with van der Waals surface area (Å²) in [5, 5.41) is 4.91. The van der Waals surface area contributed by atoms with Crippen molar-refractivity contribution in [1.82, 2.24) is 10.6 Å². The Morgan fingerprint density at radius 1 is 1.38 bits per heavy atom. The monoisotopic (exact) mass is 182 g/mol. The molecule has 0 atom stereocenters. The van der Waals surface area contributed by atoms with Crippen molar-refractivity contribution in [1.29, 1.82) is 0 Å². The van der Waals surface area contributed by atoms with E-state index in [0.29, 0.717) is 6.42 Å². The molecule has 0 bridgehead atoms. The van der Waals surface area contributed by atoms with Gasteiger partial charge in [0.05, 0.1) is 0 Å². The highest BCUT2D eigenvalue weighted by molar-refractivity contribution is 5.96. The number of hydrogen-bond donors (Lipinski definition) is 2. The predicted octanol–water partition coefficient (Wildman–Crippen LogP) is 0.942. The first-order valence-electron chi connectivity index (χ1n) is 4.44. The van der Waals surface area contributed by atoms with Gasteiger partial charge in [-0.3, -0.25) is 4.79 Å². The van der Waals surface area contributed by atoms with Gasteiger partial charge in [-0.25, -0.2) is 4.79 Å². The molecule has 2 amide bonds. The largest absolute Gasteiger partial charge is 0.341 e. The lowest BCUT2D eigenvalue weighted by atomic mass is 9.94. The van der Waals surface area contributed by atoms with Gasteiger partial charge in [-0.05, 0) is 19.3 Å². The van der Waals surface area contributed by atoms with Crippen LogP contribution < -0.4 is 10.6 Å². The third-order valence-corrected chi connectivity index (χ3v) is 2.06. The van der Waals surface area contributed by atoms with Crippen LogP contribution in [0.3, 0.4) is 0 Å². The normalized spacial score (nSPS) is 20.1. The average molecular weight is 182 g/mol. The molecule has 1 saturated carbocycles. The summed E-state index contributed by atoms with van der Waals surface area (Å²) in [4.78, 5) is 22.0. The molecule has 0 unspecified atom stereocenters. The van der Waals surface area contributed by atoms with Crippen LogP contribution in [0, 0.1) is 0 Å². The standard InChI is InChI=1S/C9H14N2O2/c1-10-9(13)11-6-7-4-2-3-5-8(7)12/h6H,2-5H2,1H3,(H2,10,11,13)/b7-6-. The van der Waals surface area contributed by atoms with Crippen molar-refractivity contribution in [2.45, 2.75) is 25.7 Å². The van der Waals surface area contributed by atoms with Crippen LogP contribution in [0.15, 0.2) is 11.8 Å². The fourth-order valence-electron chi connectivity index (χ4n) is 1.28. The van der Waals surface area contributed by atoms with E-state index in [9.17, 15) is 9.59 Å². The van der Waals surface area contributed by atoms with Crippen LogP contribution >= 0.6 is 0 Å². The zero-order valence-electron chi connectivity index (χ0n) is 7.72. The van der Waals surface area contributed by atoms with E-state index in [1.807, 2.05) is 0 Å². The van der Waals surface area contributed by atoms with Crippen molar-refractivity contribution in [3.63, 3.8) is 0 Å². The average Bonchev–Trinajstić information content (AvgIpc) is 2.16. The van der Waals surface area contributed by atoms with Crippen molar-refractivity contribution in [2.75, 3.05) is 7.05 Å². The minimum absolute atomic E-state index is 0.155. The Hall–Kier alpha value is -1.32. The van der Waals surface area contributed by atoms with E-state index in [4.69, 9.17) is 0 Å². The third-order valence-electron chi connectivity index (χ3n) is 2.06. The van der Waals surface area contributed by atoms with Gasteiger partial charge in [-0.15, -0.1) is 0 Å². The Labute approximate surface area is 77.4 Å². The number of rotatable bonds is 1. The Morgan fingerprint density at radius 2 is 2.08 bits per heavy atom. The number of hydrogen-bond acceptors (Lipinski definition) is 2. The maximum atomic E-state index is 11.3. The molecule has 0 aromatic rings. The molecule has 2 N–H and O–H groups in total. The third kappa shape index (κ3) is 2.89. The van der Waals surface area contributed by atoms with Crippen LogP contribution in [0.1, 0.15) is 25.7 Å². The van der Waals surface area contributed by atoms with Gasteiger partial charge in [-0.1, -0.05) is 0 Å². The zero-order valence-corrected chi connectivity index (χ0v) is 7.72. The van der Waals surface area contributed by atoms with Crippen LogP contribution in [-0.4, -0.2) is 18.9 Å². The Bertz CT molecular complexity index is 246. The number of carbonyl (C=O) groups excluding carboxylic acids is 2. The van der Waals surface area contributed by atoms with E-state index in [-0.39, 0.29) is 11.8 Å². The SMILES string of the molecule is CNC(=O)N/C=C1/CCCCC1=O. The highest BCUT2D eigenvalue weighted by Gasteiger charge is 2.14. The highest BCUT2D eigenvalue weighted by Crippen LogP contribution is 2.18. The Morgan fingerprint density at radius 3 is 2.69 bits per heavy atom. The summed E-state index contributed by atoms with van der Waals surface area (Å²) < 4.78 is 0.